The number of methoxy groups -OCH3 is 1. The average Bonchev–Trinajstić information content (AvgIpc) is 2.45. The standard InChI is InChI=1S/C14H22N2O3S/c1-3-15-13-8-9-16(20(17,18)11-10-19-2)14-7-5-4-6-12(13)14/h4-7,13,15H,3,8-11H2,1-2H3. The molecule has 1 atom stereocenters. The third-order valence-electron chi connectivity index (χ3n) is 3.53. The van der Waals surface area contributed by atoms with Crippen LogP contribution in [0, 0.1) is 0 Å². The molecule has 0 saturated heterocycles. The maximum Gasteiger partial charge on any atom is 0.237 e. The molecule has 1 heterocycles. The molecular weight excluding hydrogens is 276 g/mol. The summed E-state index contributed by atoms with van der Waals surface area (Å²) in [6, 6.07) is 7.94. The number of hydrogen-bond donors (Lipinski definition) is 1. The van der Waals surface area contributed by atoms with Gasteiger partial charge >= 0.3 is 0 Å². The van der Waals surface area contributed by atoms with E-state index in [1.165, 1.54) is 11.4 Å². The molecule has 0 radical (unpaired) electrons. The van der Waals surface area contributed by atoms with Crippen LogP contribution >= 0.6 is 0 Å². The van der Waals surface area contributed by atoms with Crippen LogP contribution < -0.4 is 9.62 Å². The van der Waals surface area contributed by atoms with Crippen LogP contribution in [-0.2, 0) is 14.8 Å². The second-order valence-electron chi connectivity index (χ2n) is 4.84. The molecule has 0 saturated carbocycles. The van der Waals surface area contributed by atoms with E-state index in [1.807, 2.05) is 24.3 Å². The van der Waals surface area contributed by atoms with Gasteiger partial charge in [0, 0.05) is 19.7 Å². The summed E-state index contributed by atoms with van der Waals surface area (Å²) in [4.78, 5) is 0. The van der Waals surface area contributed by atoms with Crippen LogP contribution in [0.5, 0.6) is 0 Å². The zero-order valence-corrected chi connectivity index (χ0v) is 12.8. The van der Waals surface area contributed by atoms with Crippen LogP contribution in [-0.4, -0.2) is 41.0 Å². The molecule has 0 bridgehead atoms. The summed E-state index contributed by atoms with van der Waals surface area (Å²) in [5.41, 5.74) is 1.85. The van der Waals surface area contributed by atoms with Crippen LogP contribution in [0.25, 0.3) is 0 Å². The first-order chi connectivity index (χ1) is 9.60. The molecule has 0 spiro atoms. The van der Waals surface area contributed by atoms with Crippen LogP contribution in [0.3, 0.4) is 0 Å². The SMILES string of the molecule is CCNC1CCN(S(=O)(=O)CCOC)c2ccccc21. The molecule has 0 amide bonds. The van der Waals surface area contributed by atoms with Crippen molar-refractivity contribution in [1.29, 1.82) is 0 Å². The van der Waals surface area contributed by atoms with E-state index in [1.54, 1.807) is 0 Å². The fraction of sp³-hybridized carbons (Fsp3) is 0.571. The molecule has 0 fully saturated rings. The monoisotopic (exact) mass is 298 g/mol. The highest BCUT2D eigenvalue weighted by molar-refractivity contribution is 7.92. The quantitative estimate of drug-likeness (QED) is 0.865. The molecule has 1 unspecified atom stereocenters. The van der Waals surface area contributed by atoms with Gasteiger partial charge in [-0.3, -0.25) is 4.31 Å². The van der Waals surface area contributed by atoms with Crippen LogP contribution in [0.4, 0.5) is 5.69 Å². The van der Waals surface area contributed by atoms with Crippen LogP contribution in [0.2, 0.25) is 0 Å². The summed E-state index contributed by atoms with van der Waals surface area (Å²) in [5, 5.41) is 3.41. The van der Waals surface area contributed by atoms with Gasteiger partial charge in [-0.2, -0.15) is 0 Å². The first-order valence-corrected chi connectivity index (χ1v) is 8.52. The minimum Gasteiger partial charge on any atom is -0.384 e. The number of fused-ring (bicyclic) bond motifs is 1. The Labute approximate surface area is 121 Å². The number of rotatable bonds is 6. The number of sulfonamides is 1. The van der Waals surface area contributed by atoms with Crippen molar-refractivity contribution < 1.29 is 13.2 Å². The largest absolute Gasteiger partial charge is 0.384 e. The Bertz CT molecular complexity index is 545. The average molecular weight is 298 g/mol. The van der Waals surface area contributed by atoms with E-state index < -0.39 is 10.0 Å². The molecule has 6 heteroatoms. The van der Waals surface area contributed by atoms with Crippen molar-refractivity contribution in [1.82, 2.24) is 5.32 Å². The molecule has 0 aromatic heterocycles. The van der Waals surface area contributed by atoms with Crippen molar-refractivity contribution in [3.8, 4) is 0 Å². The van der Waals surface area contributed by atoms with Gasteiger partial charge in [0.15, 0.2) is 0 Å². The Morgan fingerprint density at radius 1 is 1.40 bits per heavy atom. The molecule has 0 aliphatic carbocycles. The summed E-state index contributed by atoms with van der Waals surface area (Å²) in [7, 11) is -1.80. The Hall–Kier alpha value is -1.11. The van der Waals surface area contributed by atoms with E-state index in [-0.39, 0.29) is 18.4 Å². The van der Waals surface area contributed by atoms with Gasteiger partial charge in [-0.1, -0.05) is 25.1 Å². The zero-order valence-electron chi connectivity index (χ0n) is 12.0. The lowest BCUT2D eigenvalue weighted by Crippen LogP contribution is -2.41. The molecular formula is C14H22N2O3S. The molecule has 1 aromatic rings. The van der Waals surface area contributed by atoms with Crippen molar-refractivity contribution in [2.24, 2.45) is 0 Å². The van der Waals surface area contributed by atoms with Crippen molar-refractivity contribution in [2.45, 2.75) is 19.4 Å². The molecule has 112 valence electrons. The second kappa shape index (κ2) is 6.56. The molecule has 1 N–H and O–H groups in total. The van der Waals surface area contributed by atoms with E-state index in [4.69, 9.17) is 4.74 Å². The zero-order chi connectivity index (χ0) is 14.6. The van der Waals surface area contributed by atoms with E-state index in [9.17, 15) is 8.42 Å². The number of ether oxygens (including phenoxy) is 1. The first kappa shape index (κ1) is 15.3. The van der Waals surface area contributed by atoms with Gasteiger partial charge in [0.05, 0.1) is 18.0 Å². The Morgan fingerprint density at radius 3 is 2.85 bits per heavy atom. The predicted molar refractivity (Wildman–Crippen MR) is 80.5 cm³/mol. The third kappa shape index (κ3) is 3.13. The van der Waals surface area contributed by atoms with Crippen molar-refractivity contribution in [3.63, 3.8) is 0 Å². The van der Waals surface area contributed by atoms with E-state index in [0.29, 0.717) is 6.54 Å². The number of nitrogens with zero attached hydrogens (tertiary/aromatic N) is 1. The Morgan fingerprint density at radius 2 is 2.15 bits per heavy atom. The molecule has 5 nitrogen and oxygen atoms in total. The number of benzene rings is 1. The van der Waals surface area contributed by atoms with Gasteiger partial charge in [-0.25, -0.2) is 8.42 Å². The minimum atomic E-state index is -3.32. The summed E-state index contributed by atoms with van der Waals surface area (Å²) in [6.07, 6.45) is 0.789. The fourth-order valence-corrected chi connectivity index (χ4v) is 4.03. The topological polar surface area (TPSA) is 58.6 Å². The molecule has 1 aliphatic rings. The number of nitrogens with one attached hydrogen (secondary N) is 1. The number of para-hydroxylation sites is 1. The van der Waals surface area contributed by atoms with Crippen molar-refractivity contribution >= 4 is 15.7 Å². The smallest absolute Gasteiger partial charge is 0.237 e. The third-order valence-corrected chi connectivity index (χ3v) is 5.27. The molecule has 2 rings (SSSR count). The van der Waals surface area contributed by atoms with Gasteiger partial charge in [-0.05, 0) is 24.6 Å². The maximum atomic E-state index is 12.4. The first-order valence-electron chi connectivity index (χ1n) is 6.91. The van der Waals surface area contributed by atoms with Gasteiger partial charge in [0.1, 0.15) is 0 Å². The lowest BCUT2D eigenvalue weighted by Gasteiger charge is -2.35. The Balaban J connectivity index is 2.31. The summed E-state index contributed by atoms with van der Waals surface area (Å²) >= 11 is 0. The van der Waals surface area contributed by atoms with E-state index in [0.717, 1.165) is 24.2 Å². The maximum absolute atomic E-state index is 12.4. The van der Waals surface area contributed by atoms with Crippen molar-refractivity contribution in [2.75, 3.05) is 36.9 Å². The van der Waals surface area contributed by atoms with Crippen LogP contribution in [0.15, 0.2) is 24.3 Å². The van der Waals surface area contributed by atoms with Crippen molar-refractivity contribution in [3.05, 3.63) is 29.8 Å². The Kier molecular flexibility index (Phi) is 5.01. The fourth-order valence-electron chi connectivity index (χ4n) is 2.58. The number of hydrogen-bond acceptors (Lipinski definition) is 4. The highest BCUT2D eigenvalue weighted by Gasteiger charge is 2.31. The molecule has 1 aromatic carbocycles. The van der Waals surface area contributed by atoms with E-state index >= 15 is 0 Å². The summed E-state index contributed by atoms with van der Waals surface area (Å²) < 4.78 is 31.2. The highest BCUT2D eigenvalue weighted by atomic mass is 32.2. The van der Waals surface area contributed by atoms with E-state index in [2.05, 4.69) is 12.2 Å². The lowest BCUT2D eigenvalue weighted by atomic mass is 9.98. The van der Waals surface area contributed by atoms with Crippen LogP contribution in [0.1, 0.15) is 24.9 Å². The highest BCUT2D eigenvalue weighted by Crippen LogP contribution is 2.35. The van der Waals surface area contributed by atoms with Gasteiger partial charge in [0.2, 0.25) is 10.0 Å². The molecule has 20 heavy (non-hydrogen) atoms. The lowest BCUT2D eigenvalue weighted by molar-refractivity contribution is 0.217. The number of anilines is 1. The van der Waals surface area contributed by atoms with Gasteiger partial charge in [-0.15, -0.1) is 0 Å². The summed E-state index contributed by atoms with van der Waals surface area (Å²) in [5.74, 6) is 0.0176. The second-order valence-corrected chi connectivity index (χ2v) is 6.85. The minimum absolute atomic E-state index is 0.0176. The van der Waals surface area contributed by atoms with Gasteiger partial charge < -0.3 is 10.1 Å². The predicted octanol–water partition coefficient (Wildman–Crippen LogP) is 1.52. The van der Waals surface area contributed by atoms with Gasteiger partial charge in [0.25, 0.3) is 0 Å². The molecule has 1 aliphatic heterocycles. The normalized spacial score (nSPS) is 18.9. The summed E-state index contributed by atoms with van der Waals surface area (Å²) in [6.45, 7) is 3.66.